The molecule has 0 spiro atoms. The molecule has 18 heavy (non-hydrogen) atoms. The van der Waals surface area contributed by atoms with Gasteiger partial charge in [0.2, 0.25) is 5.91 Å². The summed E-state index contributed by atoms with van der Waals surface area (Å²) in [6.07, 6.45) is 0.478. The Balaban J connectivity index is 2.34. The second-order valence-electron chi connectivity index (χ2n) is 5.30. The van der Waals surface area contributed by atoms with E-state index in [2.05, 4.69) is 15.5 Å². The Morgan fingerprint density at radius 3 is 2.67 bits per heavy atom. The lowest BCUT2D eigenvalue weighted by Gasteiger charge is -2.41. The molecule has 3 amide bonds. The van der Waals surface area contributed by atoms with E-state index in [9.17, 15) is 9.59 Å². The lowest BCUT2D eigenvalue weighted by molar-refractivity contribution is -0.133. The summed E-state index contributed by atoms with van der Waals surface area (Å²) in [6.45, 7) is 8.36. The summed E-state index contributed by atoms with van der Waals surface area (Å²) in [7, 11) is 1.48. The van der Waals surface area contributed by atoms with E-state index in [1.165, 1.54) is 7.05 Å². The summed E-state index contributed by atoms with van der Waals surface area (Å²) in [6, 6.07) is -0.462. The van der Waals surface area contributed by atoms with E-state index in [-0.39, 0.29) is 17.6 Å². The number of amides is 3. The number of morpholine rings is 1. The third-order valence-corrected chi connectivity index (χ3v) is 2.78. The predicted molar refractivity (Wildman–Crippen MR) is 68.3 cm³/mol. The SMILES string of the molecule is CNC(=O)NC(=O)CCN1CC(C)OC(C)(C)C1. The van der Waals surface area contributed by atoms with Gasteiger partial charge in [-0.15, -0.1) is 0 Å². The monoisotopic (exact) mass is 257 g/mol. The van der Waals surface area contributed by atoms with Crippen molar-refractivity contribution in [2.24, 2.45) is 0 Å². The van der Waals surface area contributed by atoms with Crippen molar-refractivity contribution < 1.29 is 14.3 Å². The summed E-state index contributed by atoms with van der Waals surface area (Å²) in [5.74, 6) is -0.258. The van der Waals surface area contributed by atoms with Gasteiger partial charge in [-0.1, -0.05) is 0 Å². The molecule has 2 N–H and O–H groups in total. The van der Waals surface area contributed by atoms with E-state index < -0.39 is 6.03 Å². The summed E-state index contributed by atoms with van der Waals surface area (Å²) in [5, 5.41) is 4.60. The van der Waals surface area contributed by atoms with Crippen LogP contribution in [-0.4, -0.2) is 55.2 Å². The largest absolute Gasteiger partial charge is 0.370 e. The maximum absolute atomic E-state index is 11.5. The Labute approximate surface area is 108 Å². The van der Waals surface area contributed by atoms with Crippen LogP contribution in [0, 0.1) is 0 Å². The molecule has 0 aromatic rings. The first-order valence-electron chi connectivity index (χ1n) is 6.24. The fourth-order valence-electron chi connectivity index (χ4n) is 2.27. The van der Waals surface area contributed by atoms with Crippen LogP contribution in [0.15, 0.2) is 0 Å². The van der Waals surface area contributed by atoms with Crippen LogP contribution in [0.25, 0.3) is 0 Å². The Morgan fingerprint density at radius 2 is 2.11 bits per heavy atom. The second-order valence-corrected chi connectivity index (χ2v) is 5.30. The molecule has 1 unspecified atom stereocenters. The standard InChI is InChI=1S/C12H23N3O3/c1-9-7-15(8-12(2,3)18-9)6-5-10(16)14-11(17)13-4/h9H,5-8H2,1-4H3,(H2,13,14,16,17). The van der Waals surface area contributed by atoms with E-state index in [0.717, 1.165) is 13.1 Å². The van der Waals surface area contributed by atoms with Crippen LogP contribution in [0.2, 0.25) is 0 Å². The normalized spacial score (nSPS) is 23.4. The summed E-state index contributed by atoms with van der Waals surface area (Å²) in [4.78, 5) is 24.6. The highest BCUT2D eigenvalue weighted by Gasteiger charge is 2.31. The van der Waals surface area contributed by atoms with Crippen molar-refractivity contribution in [2.45, 2.75) is 38.9 Å². The molecular formula is C12H23N3O3. The van der Waals surface area contributed by atoms with Gasteiger partial charge in [0.05, 0.1) is 11.7 Å². The zero-order valence-corrected chi connectivity index (χ0v) is 11.6. The minimum atomic E-state index is -0.462. The van der Waals surface area contributed by atoms with E-state index >= 15 is 0 Å². The van der Waals surface area contributed by atoms with Gasteiger partial charge in [-0.2, -0.15) is 0 Å². The Hall–Kier alpha value is -1.14. The van der Waals surface area contributed by atoms with Crippen molar-refractivity contribution in [1.29, 1.82) is 0 Å². The van der Waals surface area contributed by atoms with Crippen LogP contribution in [-0.2, 0) is 9.53 Å². The first-order valence-corrected chi connectivity index (χ1v) is 6.24. The molecular weight excluding hydrogens is 234 g/mol. The number of urea groups is 1. The molecule has 6 heteroatoms. The van der Waals surface area contributed by atoms with Crippen LogP contribution < -0.4 is 10.6 Å². The van der Waals surface area contributed by atoms with Gasteiger partial charge in [0.25, 0.3) is 0 Å². The summed E-state index contributed by atoms with van der Waals surface area (Å²) in [5.41, 5.74) is -0.186. The Kier molecular flexibility index (Phi) is 5.10. The molecule has 0 saturated carbocycles. The minimum Gasteiger partial charge on any atom is -0.370 e. The van der Waals surface area contributed by atoms with Gasteiger partial charge < -0.3 is 10.1 Å². The molecule has 104 valence electrons. The molecule has 1 aliphatic heterocycles. The van der Waals surface area contributed by atoms with Gasteiger partial charge in [0, 0.05) is 33.1 Å². The lowest BCUT2D eigenvalue weighted by Crippen LogP contribution is -2.52. The number of nitrogens with one attached hydrogen (secondary N) is 2. The average Bonchev–Trinajstić information content (AvgIpc) is 2.23. The molecule has 1 atom stereocenters. The predicted octanol–water partition coefficient (Wildman–Crippen LogP) is 0.331. The molecule has 0 aliphatic carbocycles. The quantitative estimate of drug-likeness (QED) is 0.764. The van der Waals surface area contributed by atoms with E-state index in [4.69, 9.17) is 4.74 Å². The molecule has 1 rings (SSSR count). The number of rotatable bonds is 3. The Morgan fingerprint density at radius 1 is 1.44 bits per heavy atom. The summed E-state index contributed by atoms with van der Waals surface area (Å²) < 4.78 is 5.79. The first-order chi connectivity index (χ1) is 8.32. The molecule has 1 heterocycles. The van der Waals surface area contributed by atoms with Gasteiger partial charge >= 0.3 is 6.03 Å². The van der Waals surface area contributed by atoms with Crippen LogP contribution in [0.5, 0.6) is 0 Å². The Bertz CT molecular complexity index is 318. The topological polar surface area (TPSA) is 70.7 Å². The third kappa shape index (κ3) is 5.01. The smallest absolute Gasteiger partial charge is 0.321 e. The van der Waals surface area contributed by atoms with E-state index in [1.807, 2.05) is 20.8 Å². The van der Waals surface area contributed by atoms with E-state index in [0.29, 0.717) is 13.0 Å². The number of hydrogen-bond acceptors (Lipinski definition) is 4. The van der Waals surface area contributed by atoms with Gasteiger partial charge in [-0.3, -0.25) is 15.0 Å². The molecule has 1 fully saturated rings. The number of carbonyl (C=O) groups excluding carboxylic acids is 2. The summed E-state index contributed by atoms with van der Waals surface area (Å²) >= 11 is 0. The van der Waals surface area contributed by atoms with Crippen LogP contribution >= 0.6 is 0 Å². The zero-order chi connectivity index (χ0) is 13.8. The fraction of sp³-hybridized carbons (Fsp3) is 0.833. The third-order valence-electron chi connectivity index (χ3n) is 2.78. The maximum atomic E-state index is 11.5. The average molecular weight is 257 g/mol. The van der Waals surface area contributed by atoms with Crippen molar-refractivity contribution in [3.63, 3.8) is 0 Å². The van der Waals surface area contributed by atoms with Crippen molar-refractivity contribution >= 4 is 11.9 Å². The number of hydrogen-bond donors (Lipinski definition) is 2. The van der Waals surface area contributed by atoms with Gasteiger partial charge in [-0.25, -0.2) is 4.79 Å². The molecule has 0 aromatic heterocycles. The molecule has 0 bridgehead atoms. The minimum absolute atomic E-state index is 0.163. The number of carbonyl (C=O) groups is 2. The van der Waals surface area contributed by atoms with Crippen LogP contribution in [0.1, 0.15) is 27.2 Å². The van der Waals surface area contributed by atoms with Gasteiger partial charge in [0.1, 0.15) is 0 Å². The highest BCUT2D eigenvalue weighted by atomic mass is 16.5. The number of imide groups is 1. The van der Waals surface area contributed by atoms with E-state index in [1.54, 1.807) is 0 Å². The number of nitrogens with zero attached hydrogens (tertiary/aromatic N) is 1. The van der Waals surface area contributed by atoms with Crippen LogP contribution in [0.3, 0.4) is 0 Å². The van der Waals surface area contributed by atoms with Crippen LogP contribution in [0.4, 0.5) is 4.79 Å². The van der Waals surface area contributed by atoms with Crippen molar-refractivity contribution in [1.82, 2.24) is 15.5 Å². The van der Waals surface area contributed by atoms with Crippen molar-refractivity contribution in [3.05, 3.63) is 0 Å². The van der Waals surface area contributed by atoms with Gasteiger partial charge in [0.15, 0.2) is 0 Å². The lowest BCUT2D eigenvalue weighted by atomic mass is 10.1. The molecule has 1 saturated heterocycles. The van der Waals surface area contributed by atoms with Crippen molar-refractivity contribution in [2.75, 3.05) is 26.7 Å². The maximum Gasteiger partial charge on any atom is 0.321 e. The zero-order valence-electron chi connectivity index (χ0n) is 11.6. The molecule has 0 radical (unpaired) electrons. The first kappa shape index (κ1) is 14.9. The molecule has 6 nitrogen and oxygen atoms in total. The second kappa shape index (κ2) is 6.15. The molecule has 0 aromatic carbocycles. The van der Waals surface area contributed by atoms with Crippen molar-refractivity contribution in [3.8, 4) is 0 Å². The highest BCUT2D eigenvalue weighted by molar-refractivity contribution is 5.94. The van der Waals surface area contributed by atoms with Gasteiger partial charge in [-0.05, 0) is 20.8 Å². The fourth-order valence-corrected chi connectivity index (χ4v) is 2.27. The number of ether oxygens (including phenoxy) is 1. The molecule has 1 aliphatic rings. The highest BCUT2D eigenvalue weighted by Crippen LogP contribution is 2.20.